The van der Waals surface area contributed by atoms with Gasteiger partial charge in [0.15, 0.2) is 11.7 Å². The largest absolute Gasteiger partial charge is 0.434 e. The molecule has 148 valence electrons. The van der Waals surface area contributed by atoms with Crippen LogP contribution in [-0.2, 0) is 17.4 Å². The monoisotopic (exact) mass is 505 g/mol. The third kappa shape index (κ3) is 6.56. The van der Waals surface area contributed by atoms with E-state index < -0.39 is 11.9 Å². The number of nitrogens with one attached hydrogen (secondary N) is 1. The summed E-state index contributed by atoms with van der Waals surface area (Å²) >= 11 is 1.00. The highest BCUT2D eigenvalue weighted by atomic mass is 127. The van der Waals surface area contributed by atoms with Crippen molar-refractivity contribution in [1.82, 2.24) is 20.1 Å². The lowest BCUT2D eigenvalue weighted by Gasteiger charge is -2.36. The van der Waals surface area contributed by atoms with Crippen molar-refractivity contribution in [3.63, 3.8) is 0 Å². The molecule has 26 heavy (non-hydrogen) atoms. The molecule has 0 aromatic carbocycles. The first kappa shape index (κ1) is 22.9. The third-order valence-electron chi connectivity index (χ3n) is 3.79. The van der Waals surface area contributed by atoms with E-state index in [1.54, 1.807) is 11.8 Å². The minimum Gasteiger partial charge on any atom is -0.357 e. The SMILES string of the molecule is CCNC(=NCCc1nc(C(F)(F)F)cs1)N1CCN(C(C)=O)CC1.I. The van der Waals surface area contributed by atoms with Crippen LogP contribution < -0.4 is 5.32 Å². The van der Waals surface area contributed by atoms with Crippen LogP contribution >= 0.6 is 35.3 Å². The maximum atomic E-state index is 12.6. The summed E-state index contributed by atoms with van der Waals surface area (Å²) in [6, 6.07) is 0. The maximum Gasteiger partial charge on any atom is 0.434 e. The Morgan fingerprint density at radius 3 is 2.42 bits per heavy atom. The normalized spacial score (nSPS) is 15.7. The molecule has 0 spiro atoms. The van der Waals surface area contributed by atoms with E-state index in [0.717, 1.165) is 22.7 Å². The zero-order valence-electron chi connectivity index (χ0n) is 14.7. The average Bonchev–Trinajstić information content (AvgIpc) is 3.03. The van der Waals surface area contributed by atoms with Gasteiger partial charge < -0.3 is 15.1 Å². The molecular weight excluding hydrogens is 482 g/mol. The number of nitrogens with zero attached hydrogens (tertiary/aromatic N) is 4. The molecule has 0 aliphatic carbocycles. The first-order valence-corrected chi connectivity index (χ1v) is 8.99. The molecule has 0 saturated carbocycles. The fraction of sp³-hybridized carbons (Fsp3) is 0.667. The number of aliphatic imine (C=N–C) groups is 1. The van der Waals surface area contributed by atoms with Gasteiger partial charge in [0.25, 0.3) is 0 Å². The van der Waals surface area contributed by atoms with Gasteiger partial charge in [-0.3, -0.25) is 9.79 Å². The molecule has 1 amide bonds. The third-order valence-corrected chi connectivity index (χ3v) is 4.70. The maximum absolute atomic E-state index is 12.6. The van der Waals surface area contributed by atoms with E-state index in [1.807, 2.05) is 6.92 Å². The van der Waals surface area contributed by atoms with Crippen molar-refractivity contribution in [2.24, 2.45) is 4.99 Å². The molecule has 2 heterocycles. The molecule has 1 fully saturated rings. The van der Waals surface area contributed by atoms with Crippen molar-refractivity contribution < 1.29 is 18.0 Å². The molecule has 11 heteroatoms. The Hall–Kier alpha value is -1.11. The lowest BCUT2D eigenvalue weighted by molar-refractivity contribution is -0.140. The van der Waals surface area contributed by atoms with Gasteiger partial charge in [-0.2, -0.15) is 13.2 Å². The number of rotatable bonds is 4. The van der Waals surface area contributed by atoms with Crippen LogP contribution in [-0.4, -0.2) is 65.9 Å². The first-order chi connectivity index (χ1) is 11.8. The predicted molar refractivity (Wildman–Crippen MR) is 106 cm³/mol. The molecule has 1 aromatic rings. The summed E-state index contributed by atoms with van der Waals surface area (Å²) in [5.41, 5.74) is -0.844. The Balaban J connectivity index is 0.00000338. The number of hydrogen-bond donors (Lipinski definition) is 1. The van der Waals surface area contributed by atoms with Crippen LogP contribution in [0.2, 0.25) is 0 Å². The molecule has 1 saturated heterocycles. The van der Waals surface area contributed by atoms with Gasteiger partial charge in [0, 0.05) is 58.0 Å². The van der Waals surface area contributed by atoms with Crippen LogP contribution in [0.5, 0.6) is 0 Å². The van der Waals surface area contributed by atoms with Gasteiger partial charge in [-0.15, -0.1) is 35.3 Å². The van der Waals surface area contributed by atoms with Crippen molar-refractivity contribution in [3.05, 3.63) is 16.1 Å². The van der Waals surface area contributed by atoms with Crippen LogP contribution in [0, 0.1) is 0 Å². The van der Waals surface area contributed by atoms with Gasteiger partial charge in [-0.05, 0) is 6.92 Å². The lowest BCUT2D eigenvalue weighted by Crippen LogP contribution is -2.53. The molecular formula is C15H23F3IN5OS. The van der Waals surface area contributed by atoms with Gasteiger partial charge in [-0.25, -0.2) is 4.98 Å². The van der Waals surface area contributed by atoms with E-state index >= 15 is 0 Å². The Kier molecular flexibility index (Phi) is 9.07. The molecule has 0 unspecified atom stereocenters. The van der Waals surface area contributed by atoms with Gasteiger partial charge in [0.2, 0.25) is 5.91 Å². The number of halogens is 4. The Bertz CT molecular complexity index is 615. The molecule has 0 bridgehead atoms. The zero-order valence-corrected chi connectivity index (χ0v) is 17.8. The summed E-state index contributed by atoms with van der Waals surface area (Å²) in [6.45, 7) is 7.21. The van der Waals surface area contributed by atoms with Gasteiger partial charge in [0.1, 0.15) is 0 Å². The zero-order chi connectivity index (χ0) is 18.4. The smallest absolute Gasteiger partial charge is 0.357 e. The van der Waals surface area contributed by atoms with Crippen LogP contribution in [0.15, 0.2) is 10.4 Å². The number of piperazine rings is 1. The van der Waals surface area contributed by atoms with E-state index in [9.17, 15) is 18.0 Å². The van der Waals surface area contributed by atoms with E-state index in [1.165, 1.54) is 0 Å². The fourth-order valence-electron chi connectivity index (χ4n) is 2.47. The number of alkyl halides is 3. The number of amides is 1. The van der Waals surface area contributed by atoms with E-state index in [2.05, 4.69) is 20.2 Å². The molecule has 1 aliphatic heterocycles. The summed E-state index contributed by atoms with van der Waals surface area (Å²) in [6.07, 6.45) is -4.04. The number of aromatic nitrogens is 1. The van der Waals surface area contributed by atoms with E-state index in [4.69, 9.17) is 0 Å². The topological polar surface area (TPSA) is 60.8 Å². The quantitative estimate of drug-likeness (QED) is 0.388. The number of carbonyl (C=O) groups excluding carboxylic acids is 1. The van der Waals surface area contributed by atoms with Crippen molar-refractivity contribution in [2.45, 2.75) is 26.4 Å². The van der Waals surface area contributed by atoms with E-state index in [0.29, 0.717) is 50.7 Å². The second kappa shape index (κ2) is 10.3. The number of hydrogen-bond acceptors (Lipinski definition) is 4. The number of thiazole rings is 1. The Labute approximate surface area is 171 Å². The van der Waals surface area contributed by atoms with Crippen LogP contribution in [0.25, 0.3) is 0 Å². The molecule has 6 nitrogen and oxygen atoms in total. The van der Waals surface area contributed by atoms with Crippen molar-refractivity contribution in [1.29, 1.82) is 0 Å². The highest BCUT2D eigenvalue weighted by Gasteiger charge is 2.33. The highest BCUT2D eigenvalue weighted by molar-refractivity contribution is 14.0. The van der Waals surface area contributed by atoms with Gasteiger partial charge in [-0.1, -0.05) is 0 Å². The summed E-state index contributed by atoms with van der Waals surface area (Å²) in [5.74, 6) is 0.782. The predicted octanol–water partition coefficient (Wildman–Crippen LogP) is 2.45. The minimum atomic E-state index is -4.40. The van der Waals surface area contributed by atoms with Crippen molar-refractivity contribution >= 4 is 47.2 Å². The summed E-state index contributed by atoms with van der Waals surface area (Å²) < 4.78 is 37.7. The standard InChI is InChI=1S/C15H22F3N5OS.HI/c1-3-19-14(23-8-6-22(7-9-23)11(2)24)20-5-4-13-21-12(10-25-13)15(16,17)18;/h10H,3-9H2,1-2H3,(H,19,20);1H. The van der Waals surface area contributed by atoms with Crippen molar-refractivity contribution in [3.8, 4) is 0 Å². The molecule has 0 atom stereocenters. The Morgan fingerprint density at radius 2 is 1.92 bits per heavy atom. The fourth-order valence-corrected chi connectivity index (χ4v) is 3.27. The summed E-state index contributed by atoms with van der Waals surface area (Å²) in [4.78, 5) is 23.3. The van der Waals surface area contributed by atoms with Crippen LogP contribution in [0.3, 0.4) is 0 Å². The highest BCUT2D eigenvalue weighted by Crippen LogP contribution is 2.30. The molecule has 1 aromatic heterocycles. The van der Waals surface area contributed by atoms with Gasteiger partial charge in [0.05, 0.1) is 5.01 Å². The van der Waals surface area contributed by atoms with Gasteiger partial charge >= 0.3 is 6.18 Å². The molecule has 0 radical (unpaired) electrons. The second-order valence-corrected chi connectivity index (χ2v) is 6.55. The average molecular weight is 505 g/mol. The lowest BCUT2D eigenvalue weighted by atomic mass is 10.3. The van der Waals surface area contributed by atoms with E-state index in [-0.39, 0.29) is 29.9 Å². The summed E-state index contributed by atoms with van der Waals surface area (Å²) in [7, 11) is 0. The minimum absolute atomic E-state index is 0. The molecule has 2 rings (SSSR count). The van der Waals surface area contributed by atoms with Crippen LogP contribution in [0.1, 0.15) is 24.5 Å². The number of carbonyl (C=O) groups is 1. The molecule has 1 N–H and O–H groups in total. The molecule has 1 aliphatic rings. The first-order valence-electron chi connectivity index (χ1n) is 8.11. The second-order valence-electron chi connectivity index (χ2n) is 5.60. The van der Waals surface area contributed by atoms with Crippen molar-refractivity contribution in [2.75, 3.05) is 39.3 Å². The number of guanidine groups is 1. The summed E-state index contributed by atoms with van der Waals surface area (Å²) in [5, 5.41) is 4.64. The Morgan fingerprint density at radius 1 is 1.31 bits per heavy atom. The van der Waals surface area contributed by atoms with Crippen LogP contribution in [0.4, 0.5) is 13.2 Å².